The molecule has 2 aromatic heterocycles. The summed E-state index contributed by atoms with van der Waals surface area (Å²) in [4.78, 5) is 7.54. The molecule has 3 rings (SSSR count). The van der Waals surface area contributed by atoms with Gasteiger partial charge in [0.2, 0.25) is 0 Å². The highest BCUT2D eigenvalue weighted by Crippen LogP contribution is 2.17. The monoisotopic (exact) mass is 214 g/mol. The van der Waals surface area contributed by atoms with Gasteiger partial charge in [0.15, 0.2) is 0 Å². The van der Waals surface area contributed by atoms with Gasteiger partial charge in [-0.25, -0.2) is 4.98 Å². The Kier molecular flexibility index (Phi) is 1.89. The maximum absolute atomic E-state index is 9.33. The van der Waals surface area contributed by atoms with Gasteiger partial charge < -0.3 is 10.1 Å². The van der Waals surface area contributed by atoms with Crippen molar-refractivity contribution in [3.63, 3.8) is 0 Å². The molecule has 2 heterocycles. The Labute approximate surface area is 91.4 Å². The van der Waals surface area contributed by atoms with Crippen LogP contribution in [-0.4, -0.2) is 24.9 Å². The largest absolute Gasteiger partial charge is 0.508 e. The molecule has 0 amide bonds. The second kappa shape index (κ2) is 3.37. The average molecular weight is 214 g/mol. The summed E-state index contributed by atoms with van der Waals surface area (Å²) >= 11 is 0. The van der Waals surface area contributed by atoms with E-state index < -0.39 is 0 Å². The summed E-state index contributed by atoms with van der Waals surface area (Å²) in [6.45, 7) is 0.600. The van der Waals surface area contributed by atoms with Crippen LogP contribution in [0.25, 0.3) is 11.0 Å². The van der Waals surface area contributed by atoms with Crippen LogP contribution >= 0.6 is 0 Å². The van der Waals surface area contributed by atoms with Gasteiger partial charge in [0.25, 0.3) is 0 Å². The molecule has 0 saturated carbocycles. The first-order valence-corrected chi connectivity index (χ1v) is 4.96. The van der Waals surface area contributed by atoms with Gasteiger partial charge in [-0.05, 0) is 18.2 Å². The third-order valence-corrected chi connectivity index (χ3v) is 2.39. The Morgan fingerprint density at radius 3 is 3.12 bits per heavy atom. The number of nitrogens with one attached hydrogen (secondary N) is 1. The minimum atomic E-state index is 0.238. The summed E-state index contributed by atoms with van der Waals surface area (Å²) in [6, 6.07) is 6.94. The molecule has 0 bridgehead atoms. The molecule has 0 radical (unpaired) electrons. The first-order valence-electron chi connectivity index (χ1n) is 4.96. The van der Waals surface area contributed by atoms with Crippen LogP contribution < -0.4 is 0 Å². The van der Waals surface area contributed by atoms with E-state index in [1.807, 2.05) is 12.3 Å². The molecule has 3 aromatic rings. The fourth-order valence-electron chi connectivity index (χ4n) is 1.67. The van der Waals surface area contributed by atoms with E-state index in [4.69, 9.17) is 0 Å². The maximum atomic E-state index is 9.33. The Morgan fingerprint density at radius 2 is 2.31 bits per heavy atom. The molecular formula is C11H10N4O. The molecule has 2 N–H and O–H groups in total. The van der Waals surface area contributed by atoms with Gasteiger partial charge in [-0.1, -0.05) is 0 Å². The summed E-state index contributed by atoms with van der Waals surface area (Å²) in [6.07, 6.45) is 3.61. The van der Waals surface area contributed by atoms with E-state index >= 15 is 0 Å². The highest BCUT2D eigenvalue weighted by molar-refractivity contribution is 5.76. The van der Waals surface area contributed by atoms with Crippen LogP contribution in [0, 0.1) is 0 Å². The topological polar surface area (TPSA) is 66.7 Å². The lowest BCUT2D eigenvalue weighted by atomic mass is 10.3. The number of benzene rings is 1. The number of aromatic amines is 1. The molecular weight excluding hydrogens is 204 g/mol. The number of imidazole rings is 1. The van der Waals surface area contributed by atoms with Gasteiger partial charge in [0.1, 0.15) is 11.6 Å². The Hall–Kier alpha value is -2.30. The zero-order chi connectivity index (χ0) is 11.0. The van der Waals surface area contributed by atoms with Crippen molar-refractivity contribution >= 4 is 11.0 Å². The molecule has 5 heteroatoms. The second-order valence-corrected chi connectivity index (χ2v) is 3.59. The highest BCUT2D eigenvalue weighted by atomic mass is 16.3. The Bertz CT molecular complexity index is 612. The predicted octanol–water partition coefficient (Wildman–Crippen LogP) is 1.51. The minimum Gasteiger partial charge on any atom is -0.508 e. The molecule has 16 heavy (non-hydrogen) atoms. The van der Waals surface area contributed by atoms with Gasteiger partial charge in [-0.2, -0.15) is 5.10 Å². The molecule has 0 saturated heterocycles. The second-order valence-electron chi connectivity index (χ2n) is 3.59. The first-order chi connectivity index (χ1) is 7.81. The van der Waals surface area contributed by atoms with Crippen molar-refractivity contribution in [2.24, 2.45) is 0 Å². The van der Waals surface area contributed by atoms with Crippen LogP contribution in [0.3, 0.4) is 0 Å². The number of phenols is 1. The fourth-order valence-corrected chi connectivity index (χ4v) is 1.67. The van der Waals surface area contributed by atoms with Crippen molar-refractivity contribution in [3.05, 3.63) is 42.5 Å². The van der Waals surface area contributed by atoms with Crippen molar-refractivity contribution < 1.29 is 5.11 Å². The number of H-pyrrole nitrogens is 1. The minimum absolute atomic E-state index is 0.238. The molecule has 0 unspecified atom stereocenters. The van der Waals surface area contributed by atoms with Crippen molar-refractivity contribution in [3.8, 4) is 5.75 Å². The van der Waals surface area contributed by atoms with E-state index in [9.17, 15) is 5.11 Å². The lowest BCUT2D eigenvalue weighted by molar-refractivity contribution is 0.476. The quantitative estimate of drug-likeness (QED) is 0.679. The van der Waals surface area contributed by atoms with E-state index in [2.05, 4.69) is 15.1 Å². The normalized spacial score (nSPS) is 11.0. The molecule has 0 atom stereocenters. The van der Waals surface area contributed by atoms with Gasteiger partial charge in [0.05, 0.1) is 17.6 Å². The van der Waals surface area contributed by atoms with Crippen LogP contribution in [-0.2, 0) is 6.54 Å². The molecule has 0 spiro atoms. The molecule has 0 aliphatic heterocycles. The van der Waals surface area contributed by atoms with Gasteiger partial charge >= 0.3 is 0 Å². The number of phenolic OH excluding ortho intramolecular Hbond substituents is 1. The third kappa shape index (κ3) is 1.52. The fraction of sp³-hybridized carbons (Fsp3) is 0.0909. The lowest BCUT2D eigenvalue weighted by Crippen LogP contribution is -2.01. The van der Waals surface area contributed by atoms with Crippen LogP contribution in [0.4, 0.5) is 0 Å². The van der Waals surface area contributed by atoms with Crippen molar-refractivity contribution in [1.82, 2.24) is 19.7 Å². The van der Waals surface area contributed by atoms with Gasteiger partial charge in [-0.15, -0.1) is 0 Å². The third-order valence-electron chi connectivity index (χ3n) is 2.39. The average Bonchev–Trinajstić information content (AvgIpc) is 2.86. The van der Waals surface area contributed by atoms with Crippen LogP contribution in [0.1, 0.15) is 5.82 Å². The summed E-state index contributed by atoms with van der Waals surface area (Å²) in [5.74, 6) is 1.06. The Morgan fingerprint density at radius 1 is 1.38 bits per heavy atom. The van der Waals surface area contributed by atoms with Crippen LogP contribution in [0.2, 0.25) is 0 Å². The number of fused-ring (bicyclic) bond motifs is 1. The van der Waals surface area contributed by atoms with Gasteiger partial charge in [-0.3, -0.25) is 4.68 Å². The van der Waals surface area contributed by atoms with Crippen molar-refractivity contribution in [2.45, 2.75) is 6.54 Å². The molecule has 0 aliphatic rings. The van der Waals surface area contributed by atoms with Crippen LogP contribution in [0.15, 0.2) is 36.7 Å². The summed E-state index contributed by atoms with van der Waals surface area (Å²) in [7, 11) is 0. The number of rotatable bonds is 2. The van der Waals surface area contributed by atoms with Crippen LogP contribution in [0.5, 0.6) is 5.75 Å². The van der Waals surface area contributed by atoms with E-state index in [1.54, 1.807) is 29.1 Å². The zero-order valence-corrected chi connectivity index (χ0v) is 8.46. The van der Waals surface area contributed by atoms with Crippen molar-refractivity contribution in [1.29, 1.82) is 0 Å². The van der Waals surface area contributed by atoms with E-state index in [1.165, 1.54) is 0 Å². The highest BCUT2D eigenvalue weighted by Gasteiger charge is 2.03. The maximum Gasteiger partial charge on any atom is 0.129 e. The standard InChI is InChI=1S/C11H10N4O/c16-8-2-3-9-10(6-8)14-11(13-9)7-15-5-1-4-12-15/h1-6,16H,7H2,(H,13,14). The van der Waals surface area contributed by atoms with E-state index in [0.29, 0.717) is 6.54 Å². The summed E-state index contributed by atoms with van der Waals surface area (Å²) < 4.78 is 1.79. The number of hydrogen-bond acceptors (Lipinski definition) is 3. The summed E-state index contributed by atoms with van der Waals surface area (Å²) in [5, 5.41) is 13.4. The molecule has 1 aromatic carbocycles. The smallest absolute Gasteiger partial charge is 0.129 e. The molecule has 5 nitrogen and oxygen atoms in total. The van der Waals surface area contributed by atoms with E-state index in [0.717, 1.165) is 16.9 Å². The van der Waals surface area contributed by atoms with Crippen molar-refractivity contribution in [2.75, 3.05) is 0 Å². The lowest BCUT2D eigenvalue weighted by Gasteiger charge is -1.95. The Balaban J connectivity index is 1.99. The first kappa shape index (κ1) is 8.96. The zero-order valence-electron chi connectivity index (χ0n) is 8.46. The number of aromatic nitrogens is 4. The number of hydrogen-bond donors (Lipinski definition) is 2. The molecule has 0 fully saturated rings. The molecule has 0 aliphatic carbocycles. The number of aromatic hydroxyl groups is 1. The predicted molar refractivity (Wildman–Crippen MR) is 59.1 cm³/mol. The molecule has 80 valence electrons. The van der Waals surface area contributed by atoms with Gasteiger partial charge in [0, 0.05) is 18.5 Å². The summed E-state index contributed by atoms with van der Waals surface area (Å²) in [5.41, 5.74) is 1.68. The number of nitrogens with zero attached hydrogens (tertiary/aromatic N) is 3. The SMILES string of the molecule is Oc1ccc2nc(Cn3cccn3)[nH]c2c1. The van der Waals surface area contributed by atoms with E-state index in [-0.39, 0.29) is 5.75 Å².